The lowest BCUT2D eigenvalue weighted by Crippen LogP contribution is -2.04. The summed E-state index contributed by atoms with van der Waals surface area (Å²) in [6, 6.07) is 12.6. The molecule has 104 valence electrons. The quantitative estimate of drug-likeness (QED) is 0.781. The number of carboxylic acids is 1. The van der Waals surface area contributed by atoms with Crippen molar-refractivity contribution in [2.75, 3.05) is 0 Å². The van der Waals surface area contributed by atoms with Gasteiger partial charge in [0.2, 0.25) is 0 Å². The number of carboxylic acid groups (broad SMARTS) is 1. The first-order valence-electron chi connectivity index (χ1n) is 6.12. The van der Waals surface area contributed by atoms with Crippen LogP contribution >= 0.6 is 11.6 Å². The minimum atomic E-state index is -1.14. The first kappa shape index (κ1) is 13.4. The number of aromatic carboxylic acids is 1. The Morgan fingerprint density at radius 1 is 1.10 bits per heavy atom. The van der Waals surface area contributed by atoms with Crippen LogP contribution in [0.15, 0.2) is 57.7 Å². The Balaban J connectivity index is 2.31. The van der Waals surface area contributed by atoms with Gasteiger partial charge in [0.05, 0.1) is 5.39 Å². The molecule has 1 N–H and O–H groups in total. The third-order valence-electron chi connectivity index (χ3n) is 3.11. The fourth-order valence-electron chi connectivity index (χ4n) is 2.10. The summed E-state index contributed by atoms with van der Waals surface area (Å²) in [5.74, 6) is -0.838. The van der Waals surface area contributed by atoms with E-state index in [2.05, 4.69) is 0 Å². The SMILES string of the molecule is O=C(O)c1cccc2c(=O)cc(-c3ccc(Cl)cc3)oc12. The summed E-state index contributed by atoms with van der Waals surface area (Å²) >= 11 is 5.82. The van der Waals surface area contributed by atoms with Crippen LogP contribution < -0.4 is 5.43 Å². The Hall–Kier alpha value is -2.59. The van der Waals surface area contributed by atoms with Gasteiger partial charge < -0.3 is 9.52 Å². The lowest BCUT2D eigenvalue weighted by Gasteiger charge is -2.05. The molecule has 21 heavy (non-hydrogen) atoms. The lowest BCUT2D eigenvalue weighted by atomic mass is 10.1. The molecule has 0 spiro atoms. The molecular formula is C16H9ClO4. The molecule has 0 saturated carbocycles. The highest BCUT2D eigenvalue weighted by atomic mass is 35.5. The summed E-state index contributed by atoms with van der Waals surface area (Å²) in [5.41, 5.74) is 0.394. The van der Waals surface area contributed by atoms with Crippen LogP contribution in [0.2, 0.25) is 5.02 Å². The number of benzene rings is 2. The average molecular weight is 301 g/mol. The molecule has 0 unspecified atom stereocenters. The molecule has 1 heterocycles. The number of fused-ring (bicyclic) bond motifs is 1. The summed E-state index contributed by atoms with van der Waals surface area (Å²) < 4.78 is 5.64. The predicted molar refractivity (Wildman–Crippen MR) is 79.9 cm³/mol. The van der Waals surface area contributed by atoms with Crippen molar-refractivity contribution >= 4 is 28.5 Å². The number of rotatable bonds is 2. The first-order chi connectivity index (χ1) is 10.1. The summed E-state index contributed by atoms with van der Waals surface area (Å²) in [4.78, 5) is 23.4. The van der Waals surface area contributed by atoms with Gasteiger partial charge >= 0.3 is 5.97 Å². The third-order valence-corrected chi connectivity index (χ3v) is 3.37. The van der Waals surface area contributed by atoms with Gasteiger partial charge in [0.1, 0.15) is 11.3 Å². The van der Waals surface area contributed by atoms with E-state index in [9.17, 15) is 14.7 Å². The number of hydrogen-bond donors (Lipinski definition) is 1. The molecule has 0 aliphatic heterocycles. The molecule has 0 amide bonds. The molecule has 0 radical (unpaired) electrons. The largest absolute Gasteiger partial charge is 0.478 e. The Kier molecular flexibility index (Phi) is 3.23. The van der Waals surface area contributed by atoms with E-state index < -0.39 is 5.97 Å². The summed E-state index contributed by atoms with van der Waals surface area (Å²) in [7, 11) is 0. The van der Waals surface area contributed by atoms with E-state index in [1.54, 1.807) is 30.3 Å². The van der Waals surface area contributed by atoms with E-state index in [-0.39, 0.29) is 22.0 Å². The van der Waals surface area contributed by atoms with Crippen molar-refractivity contribution in [2.45, 2.75) is 0 Å². The van der Waals surface area contributed by atoms with Crippen molar-refractivity contribution in [3.8, 4) is 11.3 Å². The third kappa shape index (κ3) is 2.41. The molecule has 4 nitrogen and oxygen atoms in total. The van der Waals surface area contributed by atoms with Crippen LogP contribution in [-0.4, -0.2) is 11.1 Å². The smallest absolute Gasteiger partial charge is 0.339 e. The normalized spacial score (nSPS) is 10.7. The lowest BCUT2D eigenvalue weighted by molar-refractivity contribution is 0.0698. The number of halogens is 1. The molecule has 5 heteroatoms. The summed E-state index contributed by atoms with van der Waals surface area (Å²) in [5, 5.41) is 10.00. The number of para-hydroxylation sites is 1. The molecule has 0 fully saturated rings. The topological polar surface area (TPSA) is 67.5 Å². The average Bonchev–Trinajstić information content (AvgIpc) is 2.47. The Labute approximate surface area is 124 Å². The van der Waals surface area contributed by atoms with E-state index in [0.29, 0.717) is 16.3 Å². The van der Waals surface area contributed by atoms with Crippen molar-refractivity contribution in [1.29, 1.82) is 0 Å². The molecule has 2 aromatic carbocycles. The van der Waals surface area contributed by atoms with Crippen molar-refractivity contribution in [3.05, 3.63) is 69.3 Å². The van der Waals surface area contributed by atoms with Gasteiger partial charge in [-0.2, -0.15) is 0 Å². The van der Waals surface area contributed by atoms with Gasteiger partial charge in [0.25, 0.3) is 0 Å². The van der Waals surface area contributed by atoms with Crippen LogP contribution in [0.5, 0.6) is 0 Å². The van der Waals surface area contributed by atoms with Gasteiger partial charge in [0.15, 0.2) is 11.0 Å². The van der Waals surface area contributed by atoms with Gasteiger partial charge in [-0.3, -0.25) is 4.79 Å². The molecule has 3 rings (SSSR count). The van der Waals surface area contributed by atoms with E-state index >= 15 is 0 Å². The molecule has 3 aromatic rings. The maximum Gasteiger partial charge on any atom is 0.339 e. The van der Waals surface area contributed by atoms with Gasteiger partial charge in [-0.15, -0.1) is 0 Å². The molecule has 0 bridgehead atoms. The zero-order valence-electron chi connectivity index (χ0n) is 10.7. The van der Waals surface area contributed by atoms with E-state index in [1.165, 1.54) is 18.2 Å². The van der Waals surface area contributed by atoms with Gasteiger partial charge in [-0.05, 0) is 36.4 Å². The van der Waals surface area contributed by atoms with Crippen LogP contribution in [0.3, 0.4) is 0 Å². The predicted octanol–water partition coefficient (Wildman–Crippen LogP) is 3.81. The second-order valence-electron chi connectivity index (χ2n) is 4.47. The maximum absolute atomic E-state index is 12.1. The molecular weight excluding hydrogens is 292 g/mol. The van der Waals surface area contributed by atoms with E-state index in [4.69, 9.17) is 16.0 Å². The van der Waals surface area contributed by atoms with Crippen molar-refractivity contribution < 1.29 is 14.3 Å². The summed E-state index contributed by atoms with van der Waals surface area (Å²) in [6.07, 6.45) is 0. The van der Waals surface area contributed by atoms with Crippen LogP contribution in [0.4, 0.5) is 0 Å². The first-order valence-corrected chi connectivity index (χ1v) is 6.50. The van der Waals surface area contributed by atoms with Crippen LogP contribution in [0, 0.1) is 0 Å². The van der Waals surface area contributed by atoms with E-state index in [1.807, 2.05) is 0 Å². The Morgan fingerprint density at radius 3 is 2.48 bits per heavy atom. The zero-order chi connectivity index (χ0) is 15.0. The van der Waals surface area contributed by atoms with Gasteiger partial charge in [-0.1, -0.05) is 17.7 Å². The monoisotopic (exact) mass is 300 g/mol. The minimum Gasteiger partial charge on any atom is -0.478 e. The van der Waals surface area contributed by atoms with Crippen LogP contribution in [0.25, 0.3) is 22.3 Å². The van der Waals surface area contributed by atoms with E-state index in [0.717, 1.165) is 0 Å². The fourth-order valence-corrected chi connectivity index (χ4v) is 2.23. The molecule has 0 aliphatic carbocycles. The minimum absolute atomic E-state index is 0.0413. The van der Waals surface area contributed by atoms with Crippen LogP contribution in [0.1, 0.15) is 10.4 Å². The zero-order valence-corrected chi connectivity index (χ0v) is 11.4. The highest BCUT2D eigenvalue weighted by Crippen LogP contribution is 2.25. The van der Waals surface area contributed by atoms with Gasteiger partial charge in [-0.25, -0.2) is 4.79 Å². The second-order valence-corrected chi connectivity index (χ2v) is 4.91. The van der Waals surface area contributed by atoms with Gasteiger partial charge in [0, 0.05) is 16.7 Å². The fraction of sp³-hybridized carbons (Fsp3) is 0. The molecule has 0 atom stereocenters. The van der Waals surface area contributed by atoms with Crippen molar-refractivity contribution in [3.63, 3.8) is 0 Å². The summed E-state index contributed by atoms with van der Waals surface area (Å²) in [6.45, 7) is 0. The van der Waals surface area contributed by atoms with Crippen LogP contribution in [-0.2, 0) is 0 Å². The second kappa shape index (κ2) is 5.07. The number of carbonyl (C=O) groups is 1. The standard InChI is InChI=1S/C16H9ClO4/c17-10-6-4-9(5-7-10)14-8-13(18)11-2-1-3-12(16(19)20)15(11)21-14/h1-8H,(H,19,20). The highest BCUT2D eigenvalue weighted by molar-refractivity contribution is 6.30. The Morgan fingerprint density at radius 2 is 1.81 bits per heavy atom. The Bertz CT molecular complexity index is 894. The maximum atomic E-state index is 12.1. The molecule has 0 aliphatic rings. The highest BCUT2D eigenvalue weighted by Gasteiger charge is 2.14. The van der Waals surface area contributed by atoms with Crippen molar-refractivity contribution in [2.24, 2.45) is 0 Å². The molecule has 0 saturated heterocycles. The van der Waals surface area contributed by atoms with Crippen molar-refractivity contribution in [1.82, 2.24) is 0 Å². The molecule has 1 aromatic heterocycles. The number of hydrogen-bond acceptors (Lipinski definition) is 3.